The molecule has 3 rings (SSSR count). The summed E-state index contributed by atoms with van der Waals surface area (Å²) in [6, 6.07) is 14.0. The number of rotatable bonds is 7. The second kappa shape index (κ2) is 9.23. The molecule has 146 valence electrons. The normalized spacial score (nSPS) is 12.1. The molecule has 0 aliphatic heterocycles. The van der Waals surface area contributed by atoms with Gasteiger partial charge in [0.2, 0.25) is 5.91 Å². The molecular weight excluding hydrogens is 398 g/mol. The molecule has 1 atom stereocenters. The molecule has 0 radical (unpaired) electrons. The van der Waals surface area contributed by atoms with Gasteiger partial charge in [0.25, 0.3) is 5.56 Å². The molecule has 6 nitrogen and oxygen atoms in total. The molecule has 1 amide bonds. The minimum absolute atomic E-state index is 0.0993. The van der Waals surface area contributed by atoms with Gasteiger partial charge < -0.3 is 10.1 Å². The predicted molar refractivity (Wildman–Crippen MR) is 113 cm³/mol. The van der Waals surface area contributed by atoms with Crippen molar-refractivity contribution in [2.75, 3.05) is 19.5 Å². The zero-order valence-corrected chi connectivity index (χ0v) is 17.1. The molecule has 1 N–H and O–H groups in total. The number of fused-ring (bicyclic) bond motifs is 1. The van der Waals surface area contributed by atoms with E-state index in [1.807, 2.05) is 13.0 Å². The number of carbonyl (C=O) groups excluding carboxylic acids is 1. The topological polar surface area (TPSA) is 73.2 Å². The van der Waals surface area contributed by atoms with E-state index in [2.05, 4.69) is 10.3 Å². The number of halogens is 1. The van der Waals surface area contributed by atoms with Gasteiger partial charge in [0.15, 0.2) is 5.16 Å². The average molecular weight is 418 g/mol. The Morgan fingerprint density at radius 1 is 1.29 bits per heavy atom. The summed E-state index contributed by atoms with van der Waals surface area (Å²) in [5.41, 5.74) is 0.983. The number of methoxy groups -OCH3 is 1. The molecule has 0 aliphatic rings. The molecule has 0 aliphatic carbocycles. The SMILES string of the molecule is COCC(C)NC(=O)CSc1nc2ccccc2c(=O)n1-c1cccc(Cl)c1. The lowest BCUT2D eigenvalue weighted by Crippen LogP contribution is -2.36. The minimum Gasteiger partial charge on any atom is -0.383 e. The molecule has 1 unspecified atom stereocenters. The van der Waals surface area contributed by atoms with Crippen molar-refractivity contribution in [2.24, 2.45) is 0 Å². The molecule has 8 heteroatoms. The quantitative estimate of drug-likeness (QED) is 0.471. The third-order valence-corrected chi connectivity index (χ3v) is 5.14. The number of amides is 1. The number of hydrogen-bond donors (Lipinski definition) is 1. The molecule has 0 fully saturated rings. The van der Waals surface area contributed by atoms with Crippen LogP contribution in [0.4, 0.5) is 0 Å². The zero-order chi connectivity index (χ0) is 20.1. The zero-order valence-electron chi connectivity index (χ0n) is 15.5. The van der Waals surface area contributed by atoms with E-state index in [0.29, 0.717) is 33.4 Å². The smallest absolute Gasteiger partial charge is 0.266 e. The van der Waals surface area contributed by atoms with Crippen molar-refractivity contribution in [2.45, 2.75) is 18.1 Å². The molecule has 0 spiro atoms. The summed E-state index contributed by atoms with van der Waals surface area (Å²) in [6.45, 7) is 2.29. The largest absolute Gasteiger partial charge is 0.383 e. The molecule has 2 aromatic carbocycles. The predicted octanol–water partition coefficient (Wildman–Crippen LogP) is 3.28. The molecule has 3 aromatic rings. The number of thioether (sulfide) groups is 1. The fourth-order valence-corrected chi connectivity index (χ4v) is 3.80. The van der Waals surface area contributed by atoms with E-state index in [0.717, 1.165) is 0 Å². The second-order valence-electron chi connectivity index (χ2n) is 6.24. The van der Waals surface area contributed by atoms with Crippen LogP contribution in [0.3, 0.4) is 0 Å². The third-order valence-electron chi connectivity index (χ3n) is 3.97. The summed E-state index contributed by atoms with van der Waals surface area (Å²) in [4.78, 5) is 30.0. The lowest BCUT2D eigenvalue weighted by Gasteiger charge is -2.15. The maximum absolute atomic E-state index is 13.1. The Kier molecular flexibility index (Phi) is 6.72. The van der Waals surface area contributed by atoms with E-state index in [-0.39, 0.29) is 23.3 Å². The minimum atomic E-state index is -0.205. The molecule has 0 bridgehead atoms. The van der Waals surface area contributed by atoms with Gasteiger partial charge in [-0.3, -0.25) is 14.2 Å². The number of hydrogen-bond acceptors (Lipinski definition) is 5. The average Bonchev–Trinajstić information content (AvgIpc) is 2.66. The van der Waals surface area contributed by atoms with Crippen LogP contribution < -0.4 is 10.9 Å². The van der Waals surface area contributed by atoms with Crippen LogP contribution >= 0.6 is 23.4 Å². The van der Waals surface area contributed by atoms with E-state index < -0.39 is 0 Å². The van der Waals surface area contributed by atoms with Gasteiger partial charge in [0.05, 0.1) is 29.0 Å². The number of carbonyl (C=O) groups is 1. The van der Waals surface area contributed by atoms with Crippen LogP contribution in [0.15, 0.2) is 58.5 Å². The van der Waals surface area contributed by atoms with Gasteiger partial charge in [0, 0.05) is 18.2 Å². The van der Waals surface area contributed by atoms with Crippen LogP contribution in [0, 0.1) is 0 Å². The van der Waals surface area contributed by atoms with E-state index in [9.17, 15) is 9.59 Å². The van der Waals surface area contributed by atoms with Crippen LogP contribution in [0.1, 0.15) is 6.92 Å². The molecule has 0 saturated heterocycles. The fourth-order valence-electron chi connectivity index (χ4n) is 2.79. The first kappa shape index (κ1) is 20.4. The Morgan fingerprint density at radius 2 is 2.07 bits per heavy atom. The van der Waals surface area contributed by atoms with E-state index in [1.165, 1.54) is 16.3 Å². The molecule has 1 aromatic heterocycles. The first-order valence-electron chi connectivity index (χ1n) is 8.68. The highest BCUT2D eigenvalue weighted by Crippen LogP contribution is 2.22. The Morgan fingerprint density at radius 3 is 2.82 bits per heavy atom. The lowest BCUT2D eigenvalue weighted by molar-refractivity contribution is -0.119. The van der Waals surface area contributed by atoms with Crippen LogP contribution in [-0.4, -0.2) is 41.0 Å². The number of ether oxygens (including phenoxy) is 1. The van der Waals surface area contributed by atoms with Gasteiger partial charge in [-0.05, 0) is 37.3 Å². The van der Waals surface area contributed by atoms with Crippen molar-refractivity contribution < 1.29 is 9.53 Å². The molecule has 28 heavy (non-hydrogen) atoms. The third kappa shape index (κ3) is 4.73. The van der Waals surface area contributed by atoms with Crippen LogP contribution in [0.5, 0.6) is 0 Å². The summed E-state index contributed by atoms with van der Waals surface area (Å²) >= 11 is 7.31. The van der Waals surface area contributed by atoms with Crippen LogP contribution in [-0.2, 0) is 9.53 Å². The summed E-state index contributed by atoms with van der Waals surface area (Å²) in [5.74, 6) is -0.0334. The number of nitrogens with zero attached hydrogens (tertiary/aromatic N) is 2. The monoisotopic (exact) mass is 417 g/mol. The highest BCUT2D eigenvalue weighted by Gasteiger charge is 2.15. The van der Waals surface area contributed by atoms with Gasteiger partial charge in [-0.1, -0.05) is 41.6 Å². The van der Waals surface area contributed by atoms with Crippen LogP contribution in [0.2, 0.25) is 5.02 Å². The Balaban J connectivity index is 1.97. The van der Waals surface area contributed by atoms with E-state index in [4.69, 9.17) is 16.3 Å². The summed E-state index contributed by atoms with van der Waals surface area (Å²) in [5, 5.41) is 4.30. The van der Waals surface area contributed by atoms with E-state index >= 15 is 0 Å². The molecular formula is C20H20ClN3O3S. The first-order valence-corrected chi connectivity index (χ1v) is 10.0. The summed E-state index contributed by atoms with van der Waals surface area (Å²) < 4.78 is 6.52. The number of nitrogens with one attached hydrogen (secondary N) is 1. The number of aromatic nitrogens is 2. The summed E-state index contributed by atoms with van der Waals surface area (Å²) in [6.07, 6.45) is 0. The Hall–Kier alpha value is -2.35. The van der Waals surface area contributed by atoms with Gasteiger partial charge in [0.1, 0.15) is 0 Å². The van der Waals surface area contributed by atoms with E-state index in [1.54, 1.807) is 49.6 Å². The Labute approximate surface area is 171 Å². The van der Waals surface area contributed by atoms with Crippen molar-refractivity contribution in [3.63, 3.8) is 0 Å². The fraction of sp³-hybridized carbons (Fsp3) is 0.250. The summed E-state index contributed by atoms with van der Waals surface area (Å²) in [7, 11) is 1.58. The van der Waals surface area contributed by atoms with Gasteiger partial charge >= 0.3 is 0 Å². The highest BCUT2D eigenvalue weighted by molar-refractivity contribution is 7.99. The second-order valence-corrected chi connectivity index (χ2v) is 7.62. The van der Waals surface area contributed by atoms with Crippen molar-refractivity contribution in [3.05, 3.63) is 63.9 Å². The van der Waals surface area contributed by atoms with Gasteiger partial charge in [-0.15, -0.1) is 0 Å². The maximum Gasteiger partial charge on any atom is 0.266 e. The Bertz CT molecular complexity index is 1050. The van der Waals surface area contributed by atoms with Gasteiger partial charge in [-0.25, -0.2) is 4.98 Å². The van der Waals surface area contributed by atoms with Crippen molar-refractivity contribution >= 4 is 40.2 Å². The lowest BCUT2D eigenvalue weighted by atomic mass is 10.2. The maximum atomic E-state index is 13.1. The standard InChI is InChI=1S/C20H20ClN3O3S/c1-13(11-27-2)22-18(25)12-28-20-23-17-9-4-3-8-16(17)19(26)24(20)15-7-5-6-14(21)10-15/h3-10,13H,11-12H2,1-2H3,(H,22,25). The van der Waals surface area contributed by atoms with Crippen molar-refractivity contribution in [3.8, 4) is 5.69 Å². The molecule has 1 heterocycles. The van der Waals surface area contributed by atoms with Crippen molar-refractivity contribution in [1.29, 1.82) is 0 Å². The first-order chi connectivity index (χ1) is 13.5. The highest BCUT2D eigenvalue weighted by atomic mass is 35.5. The van der Waals surface area contributed by atoms with Crippen LogP contribution in [0.25, 0.3) is 16.6 Å². The van der Waals surface area contributed by atoms with Gasteiger partial charge in [-0.2, -0.15) is 0 Å². The number of para-hydroxylation sites is 1. The number of benzene rings is 2. The van der Waals surface area contributed by atoms with Crippen molar-refractivity contribution in [1.82, 2.24) is 14.9 Å². The molecule has 0 saturated carbocycles.